The van der Waals surface area contributed by atoms with E-state index in [1.54, 1.807) is 18.2 Å². The van der Waals surface area contributed by atoms with Crippen molar-refractivity contribution in [3.63, 3.8) is 0 Å². The fraction of sp³-hybridized carbons (Fsp3) is 0.345. The van der Waals surface area contributed by atoms with Crippen molar-refractivity contribution in [1.29, 1.82) is 0 Å². The molecule has 0 aliphatic carbocycles. The predicted octanol–water partition coefficient (Wildman–Crippen LogP) is 5.74. The molecule has 0 radical (unpaired) electrons. The van der Waals surface area contributed by atoms with Gasteiger partial charge in [0.05, 0.1) is 29.2 Å². The summed E-state index contributed by atoms with van der Waals surface area (Å²) in [7, 11) is -6.01. The van der Waals surface area contributed by atoms with E-state index in [-0.39, 0.29) is 37.1 Å². The van der Waals surface area contributed by atoms with Gasteiger partial charge in [0, 0.05) is 23.7 Å². The Morgan fingerprint density at radius 1 is 1.11 bits per heavy atom. The minimum atomic E-state index is -4.55. The molecule has 2 atom stereocenters. The topological polar surface area (TPSA) is 50.8 Å². The molecular formula is C29H31F3N2O3. The van der Waals surface area contributed by atoms with Crippen LogP contribution in [0.15, 0.2) is 66.7 Å². The summed E-state index contributed by atoms with van der Waals surface area (Å²) in [5.41, 5.74) is 0.548. The number of carbonyl (C=O) groups is 1. The number of amides is 1. The highest BCUT2D eigenvalue weighted by molar-refractivity contribution is 5.83. The molecule has 0 fully saturated rings. The molecule has 3 aromatic carbocycles. The Balaban J connectivity index is 1.88. The van der Waals surface area contributed by atoms with Crippen LogP contribution >= 0.6 is 0 Å². The maximum atomic E-state index is 13.7. The molecule has 37 heavy (non-hydrogen) atoms. The number of fused-ring (bicyclic) bond motifs is 1. The number of likely N-dealkylation sites (N-methyl/N-ethyl adjacent to an activating group) is 1. The van der Waals surface area contributed by atoms with Crippen LogP contribution in [-0.2, 0) is 23.8 Å². The van der Waals surface area contributed by atoms with Crippen LogP contribution < -0.4 is 14.8 Å². The maximum absolute atomic E-state index is 13.7. The van der Waals surface area contributed by atoms with E-state index in [1.807, 2.05) is 5.32 Å². The SMILES string of the molecule is [2H]C([2H])([2H])NC(=O)[C@@]([2H])(c1ccccc1)N1CCc2cc(OC([2H])([2H])[2H])c(OC([2H])([2H])[2H])cc2[C@@H]1CCc1ccc(C(F)(F)F)cc1. The zero-order valence-electron chi connectivity index (χ0n) is 29.6. The Bertz CT molecular complexity index is 1560. The first-order chi connectivity index (χ1) is 21.6. The highest BCUT2D eigenvalue weighted by Crippen LogP contribution is 2.43. The lowest BCUT2D eigenvalue weighted by atomic mass is 9.86. The molecule has 0 unspecified atom stereocenters. The first-order valence-electron chi connectivity index (χ1n) is 16.4. The Kier molecular flexibility index (Phi) is 4.97. The quantitative estimate of drug-likeness (QED) is 0.410. The highest BCUT2D eigenvalue weighted by Gasteiger charge is 2.37. The minimum absolute atomic E-state index is 0.0375. The molecule has 1 N–H and O–H groups in total. The Morgan fingerprint density at radius 3 is 2.46 bits per heavy atom. The predicted molar refractivity (Wildman–Crippen MR) is 136 cm³/mol. The van der Waals surface area contributed by atoms with Gasteiger partial charge in [-0.05, 0) is 65.8 Å². The Hall–Kier alpha value is -3.52. The van der Waals surface area contributed by atoms with Gasteiger partial charge in [0.1, 0.15) is 6.02 Å². The third-order valence-corrected chi connectivity index (χ3v) is 6.43. The molecular weight excluding hydrogens is 481 g/mol. The average Bonchev–Trinajstić information content (AvgIpc) is 2.93. The van der Waals surface area contributed by atoms with Gasteiger partial charge in [-0.2, -0.15) is 13.2 Å². The molecule has 0 aromatic heterocycles. The van der Waals surface area contributed by atoms with Crippen molar-refractivity contribution >= 4 is 5.91 Å². The lowest BCUT2D eigenvalue weighted by Gasteiger charge is -2.42. The molecule has 0 spiro atoms. The number of nitrogens with one attached hydrogen (secondary N) is 1. The summed E-state index contributed by atoms with van der Waals surface area (Å²) in [5.74, 6) is -2.01. The summed E-state index contributed by atoms with van der Waals surface area (Å²) in [4.78, 5) is 15.2. The maximum Gasteiger partial charge on any atom is 0.416 e. The summed E-state index contributed by atoms with van der Waals surface area (Å²) < 4.78 is 128. The number of alkyl halides is 3. The van der Waals surface area contributed by atoms with E-state index in [2.05, 4.69) is 0 Å². The second kappa shape index (κ2) is 11.3. The van der Waals surface area contributed by atoms with E-state index >= 15 is 0 Å². The number of ether oxygens (including phenoxy) is 2. The van der Waals surface area contributed by atoms with Crippen molar-refractivity contribution in [3.05, 3.63) is 94.5 Å². The number of halogens is 3. The molecule has 1 amide bonds. The van der Waals surface area contributed by atoms with Crippen molar-refractivity contribution < 1.29 is 41.1 Å². The fourth-order valence-corrected chi connectivity index (χ4v) is 4.69. The molecule has 8 heteroatoms. The Morgan fingerprint density at radius 2 is 1.81 bits per heavy atom. The molecule has 1 heterocycles. The summed E-state index contributed by atoms with van der Waals surface area (Å²) >= 11 is 0. The van der Waals surface area contributed by atoms with Crippen LogP contribution in [0.5, 0.6) is 11.5 Å². The van der Waals surface area contributed by atoms with E-state index in [0.29, 0.717) is 16.7 Å². The van der Waals surface area contributed by atoms with E-state index in [1.165, 1.54) is 41.3 Å². The zero-order valence-corrected chi connectivity index (χ0v) is 19.6. The van der Waals surface area contributed by atoms with Crippen LogP contribution in [0.2, 0.25) is 0 Å². The molecule has 3 aromatic rings. The summed E-state index contributed by atoms with van der Waals surface area (Å²) in [6.45, 7) is -2.99. The summed E-state index contributed by atoms with van der Waals surface area (Å²) in [6.07, 6.45) is -4.29. The number of methoxy groups -OCH3 is 2. The zero-order chi connectivity index (χ0) is 35.0. The van der Waals surface area contributed by atoms with Crippen molar-refractivity contribution in [2.24, 2.45) is 0 Å². The summed E-state index contributed by atoms with van der Waals surface area (Å²) in [5, 5.41) is 1.92. The number of hydrogen-bond acceptors (Lipinski definition) is 4. The smallest absolute Gasteiger partial charge is 0.416 e. The molecule has 0 saturated carbocycles. The van der Waals surface area contributed by atoms with Gasteiger partial charge < -0.3 is 14.8 Å². The van der Waals surface area contributed by atoms with Gasteiger partial charge in [-0.1, -0.05) is 42.5 Å². The second-order valence-corrected chi connectivity index (χ2v) is 8.56. The second-order valence-electron chi connectivity index (χ2n) is 8.56. The van der Waals surface area contributed by atoms with Gasteiger partial charge in [0.25, 0.3) is 0 Å². The van der Waals surface area contributed by atoms with Crippen LogP contribution in [-0.4, -0.2) is 38.4 Å². The van der Waals surface area contributed by atoms with E-state index in [0.717, 1.165) is 12.1 Å². The lowest BCUT2D eigenvalue weighted by molar-refractivity contribution is -0.137. The van der Waals surface area contributed by atoms with Gasteiger partial charge in [-0.25, -0.2) is 0 Å². The molecule has 196 valence electrons. The number of aryl methyl sites for hydroxylation is 1. The van der Waals surface area contributed by atoms with E-state index in [4.69, 9.17) is 21.8 Å². The van der Waals surface area contributed by atoms with Gasteiger partial charge in [-0.15, -0.1) is 0 Å². The first kappa shape index (κ1) is 16.3. The normalized spacial score (nSPS) is 22.4. The number of nitrogens with zero attached hydrogens (tertiary/aromatic N) is 1. The first-order valence-corrected chi connectivity index (χ1v) is 11.4. The largest absolute Gasteiger partial charge is 0.493 e. The summed E-state index contributed by atoms with van der Waals surface area (Å²) in [6, 6.07) is 11.4. The van der Waals surface area contributed by atoms with Gasteiger partial charge >= 0.3 is 6.18 Å². The van der Waals surface area contributed by atoms with Crippen LogP contribution in [0, 0.1) is 0 Å². The molecule has 1 aliphatic heterocycles. The minimum Gasteiger partial charge on any atom is -0.493 e. The van der Waals surface area contributed by atoms with Crippen molar-refractivity contribution in [2.45, 2.75) is 37.5 Å². The van der Waals surface area contributed by atoms with Crippen LogP contribution in [0.1, 0.15) is 60.0 Å². The molecule has 1 aliphatic rings. The monoisotopic (exact) mass is 522 g/mol. The highest BCUT2D eigenvalue weighted by atomic mass is 19.4. The van der Waals surface area contributed by atoms with Crippen molar-refractivity contribution in [1.82, 2.24) is 10.2 Å². The third kappa shape index (κ3) is 5.74. The average molecular weight is 523 g/mol. The number of carbonyl (C=O) groups excluding carboxylic acids is 1. The van der Waals surface area contributed by atoms with Gasteiger partial charge in [0.2, 0.25) is 5.91 Å². The molecule has 4 rings (SSSR count). The standard InChI is InChI=1S/C29H31F3N2O3/c1-33-28(35)27(20-7-5-4-6-8-20)34-16-15-21-17-25(36-2)26(37-3)18-23(21)24(34)14-11-19-9-12-22(13-10-19)29(30,31)32/h4-10,12-13,17-18,24,27H,11,14-16H2,1-3H3,(H,33,35)/t24-,27+/m0/s1/i1D3,2D3,3D3,27D. The van der Waals surface area contributed by atoms with Crippen LogP contribution in [0.25, 0.3) is 0 Å². The molecule has 0 bridgehead atoms. The third-order valence-electron chi connectivity index (χ3n) is 6.43. The molecule has 5 nitrogen and oxygen atoms in total. The lowest BCUT2D eigenvalue weighted by Crippen LogP contribution is -2.44. The molecule has 0 saturated heterocycles. The van der Waals surface area contributed by atoms with Crippen molar-refractivity contribution in [2.75, 3.05) is 27.6 Å². The van der Waals surface area contributed by atoms with E-state index in [9.17, 15) is 19.3 Å². The number of rotatable bonds is 8. The Labute approximate surface area is 229 Å². The van der Waals surface area contributed by atoms with E-state index < -0.39 is 56.5 Å². The number of hydrogen-bond donors (Lipinski definition) is 1. The van der Waals surface area contributed by atoms with Gasteiger partial charge in [0.15, 0.2) is 11.5 Å². The fourth-order valence-electron chi connectivity index (χ4n) is 4.69. The van der Waals surface area contributed by atoms with Crippen molar-refractivity contribution in [3.8, 4) is 11.5 Å². The van der Waals surface area contributed by atoms with Crippen LogP contribution in [0.4, 0.5) is 13.2 Å². The van der Waals surface area contributed by atoms with Gasteiger partial charge in [-0.3, -0.25) is 9.69 Å². The number of benzene rings is 3. The van der Waals surface area contributed by atoms with Crippen LogP contribution in [0.3, 0.4) is 0 Å².